The molecule has 254 valence electrons. The molecule has 0 unspecified atom stereocenters. The Hall–Kier alpha value is -1.39. The molecule has 0 bridgehead atoms. The van der Waals surface area contributed by atoms with E-state index in [1.807, 2.05) is 6.07 Å². The van der Waals surface area contributed by atoms with Crippen molar-refractivity contribution in [2.45, 2.75) is 160 Å². The van der Waals surface area contributed by atoms with E-state index in [1.165, 1.54) is 82.6 Å². The Morgan fingerprint density at radius 2 is 1.20 bits per heavy atom. The smallest absolute Gasteiger partial charge is 0.212 e. The van der Waals surface area contributed by atoms with Gasteiger partial charge in [0.15, 0.2) is 0 Å². The monoisotopic (exact) mass is 634 g/mol. The van der Waals surface area contributed by atoms with Gasteiger partial charge in [-0.3, -0.25) is 0 Å². The summed E-state index contributed by atoms with van der Waals surface area (Å²) in [7, 11) is 0. The van der Waals surface area contributed by atoms with E-state index in [2.05, 4.69) is 19.1 Å². The second kappa shape index (κ2) is 16.6. The van der Waals surface area contributed by atoms with Crippen molar-refractivity contribution >= 4 is 0 Å². The summed E-state index contributed by atoms with van der Waals surface area (Å²) in [6.07, 6.45) is 20.8. The van der Waals surface area contributed by atoms with Crippen molar-refractivity contribution in [2.24, 2.45) is 41.4 Å². The van der Waals surface area contributed by atoms with Crippen molar-refractivity contribution in [2.75, 3.05) is 0 Å². The molecule has 0 heterocycles. The van der Waals surface area contributed by atoms with Crippen molar-refractivity contribution in [1.82, 2.24) is 0 Å². The molecule has 5 heteroatoms. The van der Waals surface area contributed by atoms with Gasteiger partial charge in [-0.15, -0.1) is 0 Å². The first-order valence-corrected chi connectivity index (χ1v) is 18.9. The van der Waals surface area contributed by atoms with Crippen molar-refractivity contribution in [1.29, 1.82) is 0 Å². The summed E-state index contributed by atoms with van der Waals surface area (Å²) in [6.45, 7) is 2.29. The van der Waals surface area contributed by atoms with Gasteiger partial charge >= 0.3 is 6.18 Å². The van der Waals surface area contributed by atoms with Crippen LogP contribution in [0, 0.1) is 47.2 Å². The zero-order chi connectivity index (χ0) is 31.8. The highest BCUT2D eigenvalue weighted by molar-refractivity contribution is 5.27. The van der Waals surface area contributed by atoms with Crippen molar-refractivity contribution in [3.63, 3.8) is 0 Å². The van der Waals surface area contributed by atoms with E-state index in [0.717, 1.165) is 74.7 Å². The molecule has 0 radical (unpaired) electrons. The van der Waals surface area contributed by atoms with Crippen LogP contribution in [0.5, 0.6) is 0 Å². The Morgan fingerprint density at radius 3 is 1.71 bits per heavy atom. The number of halogens is 5. The highest BCUT2D eigenvalue weighted by Gasteiger charge is 2.35. The van der Waals surface area contributed by atoms with Crippen LogP contribution in [0.2, 0.25) is 0 Å². The molecule has 4 fully saturated rings. The van der Waals surface area contributed by atoms with Crippen LogP contribution in [0.3, 0.4) is 0 Å². The van der Waals surface area contributed by atoms with Crippen molar-refractivity contribution in [3.8, 4) is 0 Å². The van der Waals surface area contributed by atoms with Gasteiger partial charge in [0.25, 0.3) is 0 Å². The standard InChI is InChI=1S/C40H59F5/c1-2-3-4-5-28-6-11-30(12-7-28)32-16-18-34(19-17-32)37-25-24-35(38(41)26-37)15-10-29-8-13-31(14-9-29)33-20-22-36(23-21-33)39(42)27-40(43,44)45/h24-34,36H,2-23H2,1H3/b39-27-. The predicted octanol–water partition coefficient (Wildman–Crippen LogP) is 13.4. The average molecular weight is 635 g/mol. The van der Waals surface area contributed by atoms with Gasteiger partial charge in [0.05, 0.1) is 6.08 Å². The van der Waals surface area contributed by atoms with Gasteiger partial charge in [-0.25, -0.2) is 8.78 Å². The molecule has 0 atom stereocenters. The van der Waals surface area contributed by atoms with Gasteiger partial charge in [-0.1, -0.05) is 70.4 Å². The van der Waals surface area contributed by atoms with Crippen LogP contribution in [-0.2, 0) is 6.42 Å². The molecule has 45 heavy (non-hydrogen) atoms. The lowest BCUT2D eigenvalue weighted by atomic mass is 9.68. The van der Waals surface area contributed by atoms with E-state index < -0.39 is 17.9 Å². The number of hydrogen-bond donors (Lipinski definition) is 0. The van der Waals surface area contributed by atoms with E-state index in [0.29, 0.717) is 36.5 Å². The maximum absolute atomic E-state index is 15.3. The summed E-state index contributed by atoms with van der Waals surface area (Å²) in [5, 5.41) is 0. The number of allylic oxidation sites excluding steroid dienone is 2. The fourth-order valence-electron chi connectivity index (χ4n) is 10.0. The number of unbranched alkanes of at least 4 members (excludes halogenated alkanes) is 2. The van der Waals surface area contributed by atoms with Crippen LogP contribution in [-0.4, -0.2) is 6.18 Å². The second-order valence-corrected chi connectivity index (χ2v) is 15.7. The zero-order valence-corrected chi connectivity index (χ0v) is 27.9. The minimum Gasteiger partial charge on any atom is -0.212 e. The fourth-order valence-corrected chi connectivity index (χ4v) is 10.0. The summed E-state index contributed by atoms with van der Waals surface area (Å²) >= 11 is 0. The van der Waals surface area contributed by atoms with E-state index in [4.69, 9.17) is 0 Å². The maximum Gasteiger partial charge on any atom is 0.412 e. The van der Waals surface area contributed by atoms with E-state index >= 15 is 4.39 Å². The summed E-state index contributed by atoms with van der Waals surface area (Å²) in [6, 6.07) is 6.12. The largest absolute Gasteiger partial charge is 0.412 e. The zero-order valence-electron chi connectivity index (χ0n) is 27.9. The molecule has 0 aliphatic heterocycles. The van der Waals surface area contributed by atoms with Gasteiger partial charge in [0, 0.05) is 5.92 Å². The normalized spacial score (nSPS) is 33.7. The highest BCUT2D eigenvalue weighted by atomic mass is 19.4. The van der Waals surface area contributed by atoms with E-state index in [1.54, 1.807) is 0 Å². The SMILES string of the molecule is CCCCCC1CCC(C2CCC(c3ccc(CCC4CCC(C5CCC(/C(F)=C/C(F)(F)F)CC5)CC4)c(F)c3)CC2)CC1. The van der Waals surface area contributed by atoms with Crippen molar-refractivity contribution in [3.05, 3.63) is 47.0 Å². The molecule has 0 amide bonds. The van der Waals surface area contributed by atoms with Crippen molar-refractivity contribution < 1.29 is 22.0 Å². The topological polar surface area (TPSA) is 0 Å². The van der Waals surface area contributed by atoms with Gasteiger partial charge < -0.3 is 0 Å². The first-order valence-electron chi connectivity index (χ1n) is 18.9. The summed E-state index contributed by atoms with van der Waals surface area (Å²) in [4.78, 5) is 0. The molecule has 0 N–H and O–H groups in total. The molecule has 4 saturated carbocycles. The molecule has 0 aromatic heterocycles. The average Bonchev–Trinajstić information content (AvgIpc) is 3.04. The molecule has 4 aliphatic carbocycles. The third kappa shape index (κ3) is 10.3. The summed E-state index contributed by atoms with van der Waals surface area (Å²) in [5.41, 5.74) is 2.07. The van der Waals surface area contributed by atoms with Crippen LogP contribution < -0.4 is 0 Å². The predicted molar refractivity (Wildman–Crippen MR) is 175 cm³/mol. The first kappa shape index (κ1) is 34.9. The molecular formula is C40H59F5. The summed E-state index contributed by atoms with van der Waals surface area (Å²) in [5.74, 6) is 3.46. The maximum atomic E-state index is 15.3. The third-order valence-corrected chi connectivity index (χ3v) is 12.9. The fraction of sp³-hybridized carbons (Fsp3) is 0.800. The Kier molecular flexibility index (Phi) is 12.9. The number of benzene rings is 1. The molecule has 1 aromatic rings. The molecule has 1 aromatic carbocycles. The molecule has 0 spiro atoms. The number of alkyl halides is 3. The van der Waals surface area contributed by atoms with Crippen LogP contribution in [0.15, 0.2) is 30.1 Å². The van der Waals surface area contributed by atoms with Crippen LogP contribution in [0.4, 0.5) is 22.0 Å². The third-order valence-electron chi connectivity index (χ3n) is 12.9. The number of hydrogen-bond acceptors (Lipinski definition) is 0. The molecular weight excluding hydrogens is 575 g/mol. The number of aryl methyl sites for hydroxylation is 1. The van der Waals surface area contributed by atoms with Gasteiger partial charge in [-0.05, 0) is 149 Å². The van der Waals surface area contributed by atoms with Gasteiger partial charge in [-0.2, -0.15) is 13.2 Å². The second-order valence-electron chi connectivity index (χ2n) is 15.7. The number of rotatable bonds is 11. The lowest BCUT2D eigenvalue weighted by Gasteiger charge is -2.38. The minimum atomic E-state index is -4.57. The molecule has 0 saturated heterocycles. The quantitative estimate of drug-likeness (QED) is 0.168. The van der Waals surface area contributed by atoms with Crippen LogP contribution in [0.1, 0.15) is 159 Å². The Morgan fingerprint density at radius 1 is 0.689 bits per heavy atom. The molecule has 5 rings (SSSR count). The summed E-state index contributed by atoms with van der Waals surface area (Å²) < 4.78 is 66.8. The van der Waals surface area contributed by atoms with Gasteiger partial charge in [0.2, 0.25) is 0 Å². The van der Waals surface area contributed by atoms with Crippen LogP contribution in [0.25, 0.3) is 0 Å². The Bertz CT molecular complexity index is 1040. The first-order chi connectivity index (χ1) is 21.7. The minimum absolute atomic E-state index is 0.0201. The Balaban J connectivity index is 0.989. The Labute approximate surface area is 270 Å². The molecule has 0 nitrogen and oxygen atoms in total. The van der Waals surface area contributed by atoms with E-state index in [9.17, 15) is 17.6 Å². The lowest BCUT2D eigenvalue weighted by molar-refractivity contribution is -0.0821. The molecule has 4 aliphatic rings. The van der Waals surface area contributed by atoms with Crippen LogP contribution >= 0.6 is 0 Å². The lowest BCUT2D eigenvalue weighted by Crippen LogP contribution is -2.26. The highest BCUT2D eigenvalue weighted by Crippen LogP contribution is 2.46. The van der Waals surface area contributed by atoms with Gasteiger partial charge in [0.1, 0.15) is 11.6 Å². The van der Waals surface area contributed by atoms with E-state index in [-0.39, 0.29) is 11.9 Å².